The molecule has 0 heterocycles. The number of nitrogens with one attached hydrogen (secondary N) is 1. The lowest BCUT2D eigenvalue weighted by Crippen LogP contribution is -2.08. The van der Waals surface area contributed by atoms with Crippen LogP contribution in [0.25, 0.3) is 6.08 Å². The average molecular weight is 310 g/mol. The Kier molecular flexibility index (Phi) is 5.41. The number of benzene rings is 2. The molecule has 0 atom stereocenters. The number of nitrogen functional groups attached to an aromatic ring is 1. The predicted octanol–water partition coefficient (Wildman–Crippen LogP) is 4.02. The predicted molar refractivity (Wildman–Crippen MR) is 95.5 cm³/mol. The van der Waals surface area contributed by atoms with E-state index < -0.39 is 0 Å². The summed E-state index contributed by atoms with van der Waals surface area (Å²) < 4.78 is 5.59. The van der Waals surface area contributed by atoms with Crippen molar-refractivity contribution in [3.63, 3.8) is 0 Å². The summed E-state index contributed by atoms with van der Waals surface area (Å²) >= 11 is 0. The number of rotatable bonds is 5. The quantitative estimate of drug-likeness (QED) is 0.647. The third kappa shape index (κ3) is 5.18. The number of nitrogens with two attached hydrogens (primary N) is 1. The van der Waals surface area contributed by atoms with Crippen molar-refractivity contribution in [2.24, 2.45) is 0 Å². The van der Waals surface area contributed by atoms with Gasteiger partial charge in [0.1, 0.15) is 5.75 Å². The first kappa shape index (κ1) is 16.6. The van der Waals surface area contributed by atoms with Gasteiger partial charge in [-0.15, -0.1) is 0 Å². The molecule has 3 N–H and O–H groups in total. The lowest BCUT2D eigenvalue weighted by molar-refractivity contribution is -0.111. The SMILES string of the molecule is Cc1cccc(NC(=O)/C=C\c2ccc(OC(C)C)c(N)c2)c1. The summed E-state index contributed by atoms with van der Waals surface area (Å²) in [5.41, 5.74) is 9.23. The third-order valence-electron chi connectivity index (χ3n) is 3.11. The highest BCUT2D eigenvalue weighted by Crippen LogP contribution is 2.24. The molecular formula is C19H22N2O2. The van der Waals surface area contributed by atoms with Gasteiger partial charge in [0.2, 0.25) is 5.91 Å². The van der Waals surface area contributed by atoms with Crippen LogP contribution < -0.4 is 15.8 Å². The van der Waals surface area contributed by atoms with Gasteiger partial charge in [-0.3, -0.25) is 4.79 Å². The van der Waals surface area contributed by atoms with E-state index in [1.807, 2.05) is 57.2 Å². The van der Waals surface area contributed by atoms with E-state index in [0.717, 1.165) is 16.8 Å². The lowest BCUT2D eigenvalue weighted by Gasteiger charge is -2.12. The summed E-state index contributed by atoms with van der Waals surface area (Å²) in [5, 5.41) is 2.82. The number of anilines is 2. The maximum atomic E-state index is 11.9. The molecule has 0 spiro atoms. The topological polar surface area (TPSA) is 64.3 Å². The van der Waals surface area contributed by atoms with Crippen LogP contribution in [0.2, 0.25) is 0 Å². The summed E-state index contributed by atoms with van der Waals surface area (Å²) in [4.78, 5) is 11.9. The van der Waals surface area contributed by atoms with Crippen molar-refractivity contribution in [3.8, 4) is 5.75 Å². The fourth-order valence-electron chi connectivity index (χ4n) is 2.11. The van der Waals surface area contributed by atoms with Crippen molar-refractivity contribution in [3.05, 3.63) is 59.7 Å². The van der Waals surface area contributed by atoms with Crippen LogP contribution >= 0.6 is 0 Å². The maximum absolute atomic E-state index is 11.9. The van der Waals surface area contributed by atoms with Crippen LogP contribution in [0.5, 0.6) is 5.75 Å². The monoisotopic (exact) mass is 310 g/mol. The molecule has 2 aromatic rings. The highest BCUT2D eigenvalue weighted by molar-refractivity contribution is 6.02. The van der Waals surface area contributed by atoms with E-state index in [1.165, 1.54) is 6.08 Å². The van der Waals surface area contributed by atoms with E-state index in [0.29, 0.717) is 11.4 Å². The minimum atomic E-state index is -0.184. The van der Waals surface area contributed by atoms with E-state index in [1.54, 1.807) is 12.1 Å². The number of hydrogen-bond acceptors (Lipinski definition) is 3. The van der Waals surface area contributed by atoms with Crippen molar-refractivity contribution in [2.45, 2.75) is 26.9 Å². The lowest BCUT2D eigenvalue weighted by atomic mass is 10.1. The Morgan fingerprint density at radius 2 is 2.00 bits per heavy atom. The van der Waals surface area contributed by atoms with Gasteiger partial charge in [-0.25, -0.2) is 0 Å². The number of hydrogen-bond donors (Lipinski definition) is 2. The summed E-state index contributed by atoms with van der Waals surface area (Å²) in [5.74, 6) is 0.470. The Morgan fingerprint density at radius 3 is 2.65 bits per heavy atom. The van der Waals surface area contributed by atoms with Gasteiger partial charge >= 0.3 is 0 Å². The second kappa shape index (κ2) is 7.49. The molecule has 0 bridgehead atoms. The van der Waals surface area contributed by atoms with E-state index in [-0.39, 0.29) is 12.0 Å². The molecule has 0 aliphatic rings. The minimum absolute atomic E-state index is 0.0683. The number of carbonyl (C=O) groups excluding carboxylic acids is 1. The Labute approximate surface area is 137 Å². The van der Waals surface area contributed by atoms with Gasteiger partial charge < -0.3 is 15.8 Å². The van der Waals surface area contributed by atoms with Gasteiger partial charge in [0, 0.05) is 11.8 Å². The molecule has 120 valence electrons. The molecule has 0 saturated heterocycles. The average Bonchev–Trinajstić information content (AvgIpc) is 2.47. The largest absolute Gasteiger partial charge is 0.489 e. The Bertz CT molecular complexity index is 721. The maximum Gasteiger partial charge on any atom is 0.248 e. The number of aryl methyl sites for hydroxylation is 1. The zero-order valence-corrected chi connectivity index (χ0v) is 13.7. The minimum Gasteiger partial charge on any atom is -0.489 e. The molecule has 0 aliphatic carbocycles. The summed E-state index contributed by atoms with van der Waals surface area (Å²) in [6.07, 6.45) is 3.28. The van der Waals surface area contributed by atoms with E-state index in [4.69, 9.17) is 10.5 Å². The first-order valence-electron chi connectivity index (χ1n) is 7.56. The molecule has 0 aliphatic heterocycles. The fourth-order valence-corrected chi connectivity index (χ4v) is 2.11. The second-order valence-electron chi connectivity index (χ2n) is 5.66. The molecule has 1 amide bonds. The molecular weight excluding hydrogens is 288 g/mol. The molecule has 0 aromatic heterocycles. The molecule has 4 heteroatoms. The van der Waals surface area contributed by atoms with Crippen LogP contribution in [0.1, 0.15) is 25.0 Å². The molecule has 0 unspecified atom stereocenters. The van der Waals surface area contributed by atoms with Gasteiger partial charge in [0.05, 0.1) is 11.8 Å². The van der Waals surface area contributed by atoms with E-state index in [9.17, 15) is 4.79 Å². The zero-order chi connectivity index (χ0) is 16.8. The van der Waals surface area contributed by atoms with Crippen LogP contribution in [0.15, 0.2) is 48.5 Å². The molecule has 0 saturated carbocycles. The zero-order valence-electron chi connectivity index (χ0n) is 13.7. The van der Waals surface area contributed by atoms with E-state index >= 15 is 0 Å². The van der Waals surface area contributed by atoms with Crippen LogP contribution in [-0.4, -0.2) is 12.0 Å². The van der Waals surface area contributed by atoms with Gasteiger partial charge in [0.25, 0.3) is 0 Å². The van der Waals surface area contributed by atoms with Crippen molar-refractivity contribution < 1.29 is 9.53 Å². The Morgan fingerprint density at radius 1 is 1.22 bits per heavy atom. The number of ether oxygens (including phenoxy) is 1. The summed E-state index contributed by atoms with van der Waals surface area (Å²) in [7, 11) is 0. The molecule has 0 radical (unpaired) electrons. The molecule has 4 nitrogen and oxygen atoms in total. The molecule has 0 fully saturated rings. The van der Waals surface area contributed by atoms with E-state index in [2.05, 4.69) is 5.32 Å². The summed E-state index contributed by atoms with van der Waals surface area (Å²) in [6, 6.07) is 13.1. The first-order valence-corrected chi connectivity index (χ1v) is 7.56. The van der Waals surface area contributed by atoms with Crippen LogP contribution in [0.3, 0.4) is 0 Å². The standard InChI is InChI=1S/C19H22N2O2/c1-13(2)23-18-9-7-15(12-17(18)20)8-10-19(22)21-16-6-4-5-14(3)11-16/h4-13H,20H2,1-3H3,(H,21,22)/b10-8-. The normalized spacial score (nSPS) is 11.0. The third-order valence-corrected chi connectivity index (χ3v) is 3.11. The highest BCUT2D eigenvalue weighted by Gasteiger charge is 2.03. The van der Waals surface area contributed by atoms with Gasteiger partial charge in [0.15, 0.2) is 0 Å². The smallest absolute Gasteiger partial charge is 0.248 e. The molecule has 2 aromatic carbocycles. The Balaban J connectivity index is 2.02. The number of amides is 1. The molecule has 23 heavy (non-hydrogen) atoms. The van der Waals surface area contributed by atoms with Gasteiger partial charge in [-0.05, 0) is 62.2 Å². The van der Waals surface area contributed by atoms with Crippen molar-refractivity contribution >= 4 is 23.4 Å². The van der Waals surface area contributed by atoms with Crippen molar-refractivity contribution in [1.82, 2.24) is 0 Å². The highest BCUT2D eigenvalue weighted by atomic mass is 16.5. The van der Waals surface area contributed by atoms with Crippen LogP contribution in [-0.2, 0) is 4.79 Å². The Hall–Kier alpha value is -2.75. The first-order chi connectivity index (χ1) is 10.9. The molecule has 2 rings (SSSR count). The second-order valence-corrected chi connectivity index (χ2v) is 5.66. The van der Waals surface area contributed by atoms with Gasteiger partial charge in [-0.2, -0.15) is 0 Å². The van der Waals surface area contributed by atoms with Crippen LogP contribution in [0.4, 0.5) is 11.4 Å². The summed E-state index contributed by atoms with van der Waals surface area (Å²) in [6.45, 7) is 5.88. The van der Waals surface area contributed by atoms with Crippen molar-refractivity contribution in [1.29, 1.82) is 0 Å². The number of carbonyl (C=O) groups is 1. The van der Waals surface area contributed by atoms with Crippen molar-refractivity contribution in [2.75, 3.05) is 11.1 Å². The van der Waals surface area contributed by atoms with Gasteiger partial charge in [-0.1, -0.05) is 18.2 Å². The fraction of sp³-hybridized carbons (Fsp3) is 0.211. The van der Waals surface area contributed by atoms with Crippen LogP contribution in [0, 0.1) is 6.92 Å².